The van der Waals surface area contributed by atoms with Crippen molar-refractivity contribution >= 4 is 0 Å². The minimum atomic E-state index is 0.877. The number of rotatable bonds is 19. The van der Waals surface area contributed by atoms with Crippen molar-refractivity contribution in [2.75, 3.05) is 7.11 Å². The van der Waals surface area contributed by atoms with Crippen LogP contribution in [0.1, 0.15) is 123 Å². The number of allylic oxidation sites excluding steroid dienone is 1. The first-order chi connectivity index (χ1) is 11.8. The summed E-state index contributed by atoms with van der Waals surface area (Å²) in [5.74, 6) is 0.877. The molecule has 1 nitrogen and oxygen atoms in total. The lowest BCUT2D eigenvalue weighted by atomic mass is 9.91. The SMILES string of the molecule is CCCCCCCCCC(CC=COC)CCCCCCCCC. The lowest BCUT2D eigenvalue weighted by Crippen LogP contribution is -2.00. The molecule has 0 heterocycles. The smallest absolute Gasteiger partial charge is 0.0784 e. The van der Waals surface area contributed by atoms with Crippen LogP contribution < -0.4 is 0 Å². The molecular weight excluding hydrogens is 292 g/mol. The van der Waals surface area contributed by atoms with Gasteiger partial charge >= 0.3 is 0 Å². The average molecular weight is 339 g/mol. The van der Waals surface area contributed by atoms with Gasteiger partial charge in [-0.2, -0.15) is 0 Å². The van der Waals surface area contributed by atoms with E-state index in [9.17, 15) is 0 Å². The summed E-state index contributed by atoms with van der Waals surface area (Å²) in [5, 5.41) is 0. The molecule has 0 rings (SSSR count). The quantitative estimate of drug-likeness (QED) is 0.169. The summed E-state index contributed by atoms with van der Waals surface area (Å²) in [7, 11) is 1.75. The van der Waals surface area contributed by atoms with Gasteiger partial charge in [-0.15, -0.1) is 0 Å². The van der Waals surface area contributed by atoms with Gasteiger partial charge in [0.05, 0.1) is 13.4 Å². The minimum absolute atomic E-state index is 0.877. The minimum Gasteiger partial charge on any atom is -0.505 e. The van der Waals surface area contributed by atoms with Crippen LogP contribution in [0.3, 0.4) is 0 Å². The first-order valence-corrected chi connectivity index (χ1v) is 11.0. The van der Waals surface area contributed by atoms with Crippen LogP contribution in [0.5, 0.6) is 0 Å². The van der Waals surface area contributed by atoms with Crippen molar-refractivity contribution in [3.63, 3.8) is 0 Å². The molecule has 0 spiro atoms. The third kappa shape index (κ3) is 17.9. The van der Waals surface area contributed by atoms with Crippen LogP contribution in [-0.4, -0.2) is 7.11 Å². The molecule has 0 amide bonds. The highest BCUT2D eigenvalue weighted by atomic mass is 16.5. The van der Waals surface area contributed by atoms with Crippen LogP contribution in [0.2, 0.25) is 0 Å². The Hall–Kier alpha value is -0.460. The Morgan fingerprint density at radius 1 is 0.625 bits per heavy atom. The number of hydrogen-bond acceptors (Lipinski definition) is 1. The number of methoxy groups -OCH3 is 1. The predicted molar refractivity (Wildman–Crippen MR) is 109 cm³/mol. The van der Waals surface area contributed by atoms with Gasteiger partial charge in [-0.1, -0.05) is 117 Å². The van der Waals surface area contributed by atoms with Gasteiger partial charge in [0.25, 0.3) is 0 Å². The van der Waals surface area contributed by atoms with E-state index in [4.69, 9.17) is 4.74 Å². The van der Waals surface area contributed by atoms with Gasteiger partial charge < -0.3 is 4.74 Å². The number of ether oxygens (including phenoxy) is 1. The highest BCUT2D eigenvalue weighted by Crippen LogP contribution is 2.22. The molecule has 0 aromatic rings. The molecule has 0 aliphatic carbocycles. The van der Waals surface area contributed by atoms with Crippen LogP contribution in [0.4, 0.5) is 0 Å². The highest BCUT2D eigenvalue weighted by molar-refractivity contribution is 4.77. The van der Waals surface area contributed by atoms with Crippen molar-refractivity contribution in [1.29, 1.82) is 0 Å². The third-order valence-corrected chi connectivity index (χ3v) is 5.13. The second-order valence-electron chi connectivity index (χ2n) is 7.53. The fraction of sp³-hybridized carbons (Fsp3) is 0.913. The molecule has 144 valence electrons. The van der Waals surface area contributed by atoms with Crippen molar-refractivity contribution in [3.05, 3.63) is 12.3 Å². The first kappa shape index (κ1) is 23.5. The van der Waals surface area contributed by atoms with E-state index in [1.807, 2.05) is 6.26 Å². The summed E-state index contributed by atoms with van der Waals surface area (Å²) in [5.41, 5.74) is 0. The van der Waals surface area contributed by atoms with E-state index in [0.29, 0.717) is 0 Å². The lowest BCUT2D eigenvalue weighted by molar-refractivity contribution is 0.332. The molecule has 1 heteroatoms. The molecule has 24 heavy (non-hydrogen) atoms. The number of hydrogen-bond donors (Lipinski definition) is 0. The molecule has 0 aromatic carbocycles. The average Bonchev–Trinajstić information content (AvgIpc) is 2.59. The molecule has 0 fully saturated rings. The van der Waals surface area contributed by atoms with Crippen LogP contribution in [0, 0.1) is 5.92 Å². The molecule has 0 saturated heterocycles. The second kappa shape index (κ2) is 20.6. The fourth-order valence-electron chi connectivity index (χ4n) is 3.50. The number of unbranched alkanes of at least 4 members (excludes halogenated alkanes) is 12. The van der Waals surface area contributed by atoms with E-state index in [-0.39, 0.29) is 0 Å². The normalized spacial score (nSPS) is 11.7. The maximum Gasteiger partial charge on any atom is 0.0784 e. The topological polar surface area (TPSA) is 9.23 Å². The van der Waals surface area contributed by atoms with Crippen molar-refractivity contribution in [3.8, 4) is 0 Å². The van der Waals surface area contributed by atoms with Crippen LogP contribution in [0.15, 0.2) is 12.3 Å². The first-order valence-electron chi connectivity index (χ1n) is 11.0. The summed E-state index contributed by atoms with van der Waals surface area (Å²) in [6, 6.07) is 0. The van der Waals surface area contributed by atoms with Gasteiger partial charge in [-0.3, -0.25) is 0 Å². The predicted octanol–water partition coefficient (Wildman–Crippen LogP) is 8.43. The Bertz CT molecular complexity index is 228. The van der Waals surface area contributed by atoms with Crippen LogP contribution >= 0.6 is 0 Å². The van der Waals surface area contributed by atoms with Crippen molar-refractivity contribution in [1.82, 2.24) is 0 Å². The summed E-state index contributed by atoms with van der Waals surface area (Å²) in [6.45, 7) is 4.59. The Morgan fingerprint density at radius 3 is 1.46 bits per heavy atom. The highest BCUT2D eigenvalue weighted by Gasteiger charge is 2.07. The Kier molecular flexibility index (Phi) is 20.2. The summed E-state index contributed by atoms with van der Waals surface area (Å²) in [6.07, 6.45) is 28.0. The van der Waals surface area contributed by atoms with E-state index in [1.165, 1.54) is 109 Å². The van der Waals surface area contributed by atoms with E-state index in [1.54, 1.807) is 7.11 Å². The molecule has 0 aromatic heterocycles. The standard InChI is InChI=1S/C23H46O/c1-4-6-8-10-12-14-16-19-23(21-18-22-24-3)20-17-15-13-11-9-7-5-2/h18,22-23H,4-17,19-21H2,1-3H3. The maximum absolute atomic E-state index is 5.07. The monoisotopic (exact) mass is 338 g/mol. The van der Waals surface area contributed by atoms with Gasteiger partial charge in [-0.05, 0) is 18.4 Å². The summed E-state index contributed by atoms with van der Waals surface area (Å²) < 4.78 is 5.07. The molecule has 0 atom stereocenters. The fourth-order valence-corrected chi connectivity index (χ4v) is 3.50. The molecule has 0 radical (unpaired) electrons. The molecular formula is C23H46O. The van der Waals surface area contributed by atoms with E-state index in [2.05, 4.69) is 19.9 Å². The van der Waals surface area contributed by atoms with Gasteiger partial charge in [0.2, 0.25) is 0 Å². The zero-order chi connectivity index (χ0) is 17.7. The van der Waals surface area contributed by atoms with Gasteiger partial charge in [0.15, 0.2) is 0 Å². The van der Waals surface area contributed by atoms with E-state index >= 15 is 0 Å². The van der Waals surface area contributed by atoms with E-state index in [0.717, 1.165) is 5.92 Å². The van der Waals surface area contributed by atoms with Crippen molar-refractivity contribution < 1.29 is 4.74 Å². The Morgan fingerprint density at radius 2 is 1.04 bits per heavy atom. The maximum atomic E-state index is 5.07. The lowest BCUT2D eigenvalue weighted by Gasteiger charge is -2.15. The molecule has 0 aliphatic heterocycles. The Balaban J connectivity index is 3.70. The van der Waals surface area contributed by atoms with Gasteiger partial charge in [0, 0.05) is 0 Å². The largest absolute Gasteiger partial charge is 0.505 e. The molecule has 0 aliphatic rings. The van der Waals surface area contributed by atoms with Gasteiger partial charge in [-0.25, -0.2) is 0 Å². The molecule has 0 saturated carbocycles. The van der Waals surface area contributed by atoms with Crippen molar-refractivity contribution in [2.45, 2.75) is 123 Å². The van der Waals surface area contributed by atoms with Crippen LogP contribution in [-0.2, 0) is 4.74 Å². The summed E-state index contributed by atoms with van der Waals surface area (Å²) >= 11 is 0. The Labute approximate surface area is 153 Å². The molecule has 0 bridgehead atoms. The van der Waals surface area contributed by atoms with Gasteiger partial charge in [0.1, 0.15) is 0 Å². The zero-order valence-corrected chi connectivity index (χ0v) is 17.2. The molecule has 0 N–H and O–H groups in total. The summed E-state index contributed by atoms with van der Waals surface area (Å²) in [4.78, 5) is 0. The van der Waals surface area contributed by atoms with E-state index < -0.39 is 0 Å². The second-order valence-corrected chi connectivity index (χ2v) is 7.53. The van der Waals surface area contributed by atoms with Crippen LogP contribution in [0.25, 0.3) is 0 Å². The van der Waals surface area contributed by atoms with Crippen molar-refractivity contribution in [2.24, 2.45) is 5.92 Å². The zero-order valence-electron chi connectivity index (χ0n) is 17.2. The third-order valence-electron chi connectivity index (χ3n) is 5.13. The molecule has 0 unspecified atom stereocenters.